The van der Waals surface area contributed by atoms with Gasteiger partial charge in [0.2, 0.25) is 0 Å². The number of aryl methyl sites for hydroxylation is 1. The zero-order chi connectivity index (χ0) is 10.6. The fraction of sp³-hybridized carbons (Fsp3) is 0.600. The van der Waals surface area contributed by atoms with Crippen LogP contribution in [0, 0.1) is 6.92 Å². The number of nitrogens with one attached hydrogen (secondary N) is 1. The Morgan fingerprint density at radius 3 is 2.79 bits per heavy atom. The molecule has 3 nitrogen and oxygen atoms in total. The third-order valence-corrected chi connectivity index (χ3v) is 2.15. The van der Waals surface area contributed by atoms with Crippen LogP contribution in [0.4, 0.5) is 5.82 Å². The first kappa shape index (κ1) is 11.2. The van der Waals surface area contributed by atoms with Crippen LogP contribution in [0.5, 0.6) is 0 Å². The highest BCUT2D eigenvalue weighted by Gasteiger charge is 2.16. The maximum Gasteiger partial charge on any atom is 0.130 e. The highest BCUT2D eigenvalue weighted by atomic mass is 35.5. The summed E-state index contributed by atoms with van der Waals surface area (Å²) in [6.45, 7) is 6.08. The molecule has 4 heteroatoms. The molecule has 0 aliphatic rings. The van der Waals surface area contributed by atoms with Crippen molar-refractivity contribution in [2.24, 2.45) is 0 Å². The number of alkyl halides is 1. The summed E-state index contributed by atoms with van der Waals surface area (Å²) < 4.78 is 0. The lowest BCUT2D eigenvalue weighted by Gasteiger charge is -2.25. The Hall–Kier alpha value is -0.830. The van der Waals surface area contributed by atoms with Crippen molar-refractivity contribution in [2.45, 2.75) is 32.7 Å². The second-order valence-electron chi connectivity index (χ2n) is 3.94. The highest BCUT2D eigenvalue weighted by molar-refractivity contribution is 6.17. The van der Waals surface area contributed by atoms with E-state index in [2.05, 4.69) is 29.1 Å². The summed E-state index contributed by atoms with van der Waals surface area (Å²) in [6.07, 6.45) is 2.65. The zero-order valence-electron chi connectivity index (χ0n) is 8.84. The average molecular weight is 214 g/mol. The molecule has 0 aliphatic heterocycles. The Balaban J connectivity index is 2.68. The molecule has 0 aromatic carbocycles. The number of halogens is 1. The van der Waals surface area contributed by atoms with Crippen molar-refractivity contribution in [3.63, 3.8) is 0 Å². The number of nitrogens with zero attached hydrogens (tertiary/aromatic N) is 2. The Kier molecular flexibility index (Phi) is 3.69. The Bertz CT molecular complexity index is 299. The fourth-order valence-electron chi connectivity index (χ4n) is 1.17. The first-order chi connectivity index (χ1) is 6.53. The summed E-state index contributed by atoms with van der Waals surface area (Å²) in [7, 11) is 0. The molecule has 0 amide bonds. The van der Waals surface area contributed by atoms with Gasteiger partial charge in [-0.05, 0) is 33.3 Å². The molecular formula is C10H16ClN3. The molecule has 0 radical (unpaired) electrons. The van der Waals surface area contributed by atoms with Gasteiger partial charge in [0, 0.05) is 17.6 Å². The van der Waals surface area contributed by atoms with E-state index in [0.717, 1.165) is 18.1 Å². The smallest absolute Gasteiger partial charge is 0.130 e. The quantitative estimate of drug-likeness (QED) is 0.782. The topological polar surface area (TPSA) is 37.8 Å². The van der Waals surface area contributed by atoms with E-state index in [-0.39, 0.29) is 5.54 Å². The molecule has 0 saturated carbocycles. The predicted octanol–water partition coefficient (Wildman–Crippen LogP) is 2.60. The van der Waals surface area contributed by atoms with E-state index in [0.29, 0.717) is 5.88 Å². The summed E-state index contributed by atoms with van der Waals surface area (Å²) in [5.74, 6) is 2.27. The molecule has 0 unspecified atom stereocenters. The second kappa shape index (κ2) is 4.60. The molecule has 1 N–H and O–H groups in total. The highest BCUT2D eigenvalue weighted by Crippen LogP contribution is 2.16. The monoisotopic (exact) mass is 213 g/mol. The lowest BCUT2D eigenvalue weighted by atomic mass is 10.0. The van der Waals surface area contributed by atoms with Gasteiger partial charge in [-0.2, -0.15) is 0 Å². The molecule has 0 fully saturated rings. The van der Waals surface area contributed by atoms with E-state index >= 15 is 0 Å². The molecule has 14 heavy (non-hydrogen) atoms. The minimum Gasteiger partial charge on any atom is -0.365 e. The fourth-order valence-corrected chi connectivity index (χ4v) is 1.64. The third-order valence-electron chi connectivity index (χ3n) is 1.96. The normalized spacial score (nSPS) is 11.4. The molecule has 0 spiro atoms. The first-order valence-corrected chi connectivity index (χ1v) is 5.21. The minimum atomic E-state index is -0.0253. The molecule has 1 aromatic rings. The van der Waals surface area contributed by atoms with Crippen LogP contribution in [-0.2, 0) is 0 Å². The van der Waals surface area contributed by atoms with Crippen LogP contribution in [0.2, 0.25) is 0 Å². The predicted molar refractivity (Wildman–Crippen MR) is 59.8 cm³/mol. The van der Waals surface area contributed by atoms with Crippen LogP contribution in [0.25, 0.3) is 0 Å². The molecule has 1 aromatic heterocycles. The van der Waals surface area contributed by atoms with Crippen LogP contribution in [0.15, 0.2) is 12.3 Å². The molecule has 78 valence electrons. The van der Waals surface area contributed by atoms with Gasteiger partial charge in [0.25, 0.3) is 0 Å². The van der Waals surface area contributed by atoms with Crippen LogP contribution >= 0.6 is 11.6 Å². The van der Waals surface area contributed by atoms with Crippen molar-refractivity contribution >= 4 is 17.4 Å². The van der Waals surface area contributed by atoms with Crippen molar-refractivity contribution < 1.29 is 0 Å². The molecule has 0 saturated heterocycles. The molecule has 1 heterocycles. The van der Waals surface area contributed by atoms with Gasteiger partial charge >= 0.3 is 0 Å². The summed E-state index contributed by atoms with van der Waals surface area (Å²) in [5.41, 5.74) is -0.0253. The molecule has 0 bridgehead atoms. The maximum atomic E-state index is 5.71. The number of anilines is 1. The van der Waals surface area contributed by atoms with Gasteiger partial charge in [-0.25, -0.2) is 9.97 Å². The number of hydrogen-bond donors (Lipinski definition) is 1. The molecule has 1 rings (SSSR count). The standard InChI is InChI=1S/C10H16ClN3/c1-8-12-7-4-9(13-8)14-10(2,3)5-6-11/h4,7H,5-6H2,1-3H3,(H,12,13,14). The van der Waals surface area contributed by atoms with Crippen molar-refractivity contribution in [1.29, 1.82) is 0 Å². The van der Waals surface area contributed by atoms with E-state index in [1.807, 2.05) is 13.0 Å². The maximum absolute atomic E-state index is 5.71. The van der Waals surface area contributed by atoms with Crippen molar-refractivity contribution in [2.75, 3.05) is 11.2 Å². The van der Waals surface area contributed by atoms with Gasteiger partial charge in [-0.1, -0.05) is 0 Å². The van der Waals surface area contributed by atoms with Gasteiger partial charge in [0.05, 0.1) is 0 Å². The summed E-state index contributed by atoms with van der Waals surface area (Å²) in [6, 6.07) is 1.86. The van der Waals surface area contributed by atoms with E-state index < -0.39 is 0 Å². The Morgan fingerprint density at radius 1 is 1.50 bits per heavy atom. The van der Waals surface area contributed by atoms with Crippen molar-refractivity contribution in [1.82, 2.24) is 9.97 Å². The van der Waals surface area contributed by atoms with Gasteiger partial charge in [-0.15, -0.1) is 11.6 Å². The molecule has 0 atom stereocenters. The van der Waals surface area contributed by atoms with E-state index in [9.17, 15) is 0 Å². The Labute approximate surface area is 89.9 Å². The van der Waals surface area contributed by atoms with Gasteiger partial charge in [0.1, 0.15) is 11.6 Å². The first-order valence-electron chi connectivity index (χ1n) is 4.67. The largest absolute Gasteiger partial charge is 0.365 e. The van der Waals surface area contributed by atoms with Gasteiger partial charge < -0.3 is 5.32 Å². The van der Waals surface area contributed by atoms with E-state index in [4.69, 9.17) is 11.6 Å². The van der Waals surface area contributed by atoms with Crippen LogP contribution in [-0.4, -0.2) is 21.4 Å². The zero-order valence-corrected chi connectivity index (χ0v) is 9.60. The van der Waals surface area contributed by atoms with Gasteiger partial charge in [-0.3, -0.25) is 0 Å². The number of aromatic nitrogens is 2. The van der Waals surface area contributed by atoms with Crippen LogP contribution in [0.3, 0.4) is 0 Å². The second-order valence-corrected chi connectivity index (χ2v) is 4.31. The summed E-state index contributed by atoms with van der Waals surface area (Å²) >= 11 is 5.71. The van der Waals surface area contributed by atoms with Crippen molar-refractivity contribution in [3.05, 3.63) is 18.1 Å². The minimum absolute atomic E-state index is 0.0253. The van der Waals surface area contributed by atoms with Crippen LogP contribution < -0.4 is 5.32 Å². The number of rotatable bonds is 4. The SMILES string of the molecule is Cc1nccc(NC(C)(C)CCCl)n1. The van der Waals surface area contributed by atoms with E-state index in [1.165, 1.54) is 0 Å². The summed E-state index contributed by atoms with van der Waals surface area (Å²) in [5, 5.41) is 3.32. The van der Waals surface area contributed by atoms with Gasteiger partial charge in [0.15, 0.2) is 0 Å². The Morgan fingerprint density at radius 2 is 2.21 bits per heavy atom. The lowest BCUT2D eigenvalue weighted by molar-refractivity contribution is 0.547. The van der Waals surface area contributed by atoms with E-state index in [1.54, 1.807) is 6.20 Å². The lowest BCUT2D eigenvalue weighted by Crippen LogP contribution is -2.31. The third kappa shape index (κ3) is 3.50. The van der Waals surface area contributed by atoms with Crippen molar-refractivity contribution in [3.8, 4) is 0 Å². The average Bonchev–Trinajstić information content (AvgIpc) is 2.02. The van der Waals surface area contributed by atoms with Crippen LogP contribution in [0.1, 0.15) is 26.1 Å². The molecular weight excluding hydrogens is 198 g/mol. The molecule has 0 aliphatic carbocycles. The number of hydrogen-bond acceptors (Lipinski definition) is 3. The summed E-state index contributed by atoms with van der Waals surface area (Å²) in [4.78, 5) is 8.31.